The molecule has 3 N–H and O–H groups in total. The van der Waals surface area contributed by atoms with Gasteiger partial charge in [0.25, 0.3) is 0 Å². The number of fused-ring (bicyclic) bond motifs is 3. The summed E-state index contributed by atoms with van der Waals surface area (Å²) in [6.07, 6.45) is 1.46. The van der Waals surface area contributed by atoms with E-state index in [1.807, 2.05) is 24.3 Å². The number of benzene rings is 2. The van der Waals surface area contributed by atoms with Gasteiger partial charge in [-0.2, -0.15) is 0 Å². The Balaban J connectivity index is 1.32. The highest BCUT2D eigenvalue weighted by Gasteiger charge is 2.30. The van der Waals surface area contributed by atoms with E-state index in [2.05, 4.69) is 29.6 Å². The Hall–Kier alpha value is -2.86. The zero-order chi connectivity index (χ0) is 20.2. The molecule has 4 rings (SSSR count). The number of ether oxygens (including phenoxy) is 1. The summed E-state index contributed by atoms with van der Waals surface area (Å²) in [5.74, 6) is 0.322. The normalized spacial score (nSPS) is 16.2. The highest BCUT2D eigenvalue weighted by atomic mass is 16.6. The Bertz CT molecular complexity index is 845. The van der Waals surface area contributed by atoms with Crippen LogP contribution in [0.5, 0.6) is 0 Å². The number of amides is 2. The maximum Gasteiger partial charge on any atom is 0.409 e. The van der Waals surface area contributed by atoms with E-state index in [0.29, 0.717) is 32.2 Å². The van der Waals surface area contributed by atoms with Gasteiger partial charge in [-0.05, 0) is 41.0 Å². The summed E-state index contributed by atoms with van der Waals surface area (Å²) in [6, 6.07) is 16.7. The summed E-state index contributed by atoms with van der Waals surface area (Å²) < 4.78 is 5.73. The molecular weight excluding hydrogens is 366 g/mol. The van der Waals surface area contributed by atoms with Crippen molar-refractivity contribution in [3.8, 4) is 11.1 Å². The second-order valence-electron chi connectivity index (χ2n) is 7.74. The minimum absolute atomic E-state index is 0.0125. The molecular formula is C23H27N3O3. The lowest BCUT2D eigenvalue weighted by atomic mass is 9.97. The molecule has 0 spiro atoms. The maximum absolute atomic E-state index is 12.6. The fraction of sp³-hybridized carbons (Fsp3) is 0.391. The molecule has 1 aliphatic heterocycles. The molecule has 2 aromatic carbocycles. The topological polar surface area (TPSA) is 84.7 Å². The first kappa shape index (κ1) is 19.5. The lowest BCUT2D eigenvalue weighted by molar-refractivity contribution is -0.120. The largest absolute Gasteiger partial charge is 0.448 e. The van der Waals surface area contributed by atoms with Crippen LogP contribution in [0, 0.1) is 5.92 Å². The van der Waals surface area contributed by atoms with Crippen LogP contribution in [-0.4, -0.2) is 49.7 Å². The van der Waals surface area contributed by atoms with Crippen molar-refractivity contribution in [3.05, 3.63) is 59.7 Å². The van der Waals surface area contributed by atoms with Crippen molar-refractivity contribution in [3.63, 3.8) is 0 Å². The van der Waals surface area contributed by atoms with E-state index < -0.39 is 0 Å². The van der Waals surface area contributed by atoms with Gasteiger partial charge in [0.15, 0.2) is 0 Å². The SMILES string of the molecule is NCC(=O)NCC1CCN(C(=O)OCC2c3ccccc3-c3ccccc32)CC1. The second kappa shape index (κ2) is 8.66. The minimum Gasteiger partial charge on any atom is -0.448 e. The fourth-order valence-electron chi connectivity index (χ4n) is 4.34. The average molecular weight is 393 g/mol. The van der Waals surface area contributed by atoms with Crippen LogP contribution in [0.25, 0.3) is 11.1 Å². The van der Waals surface area contributed by atoms with Crippen LogP contribution < -0.4 is 11.1 Å². The number of nitrogens with one attached hydrogen (secondary N) is 1. The summed E-state index contributed by atoms with van der Waals surface area (Å²) in [5, 5.41) is 2.83. The van der Waals surface area contributed by atoms with Gasteiger partial charge in [-0.1, -0.05) is 48.5 Å². The van der Waals surface area contributed by atoms with Crippen LogP contribution >= 0.6 is 0 Å². The minimum atomic E-state index is -0.253. The van der Waals surface area contributed by atoms with Crippen LogP contribution in [0.1, 0.15) is 29.9 Å². The molecule has 0 aromatic heterocycles. The standard InChI is InChI=1S/C23H27N3O3/c24-13-22(27)25-14-16-9-11-26(12-10-16)23(28)29-15-21-19-7-3-1-5-17(19)18-6-2-4-8-20(18)21/h1-8,16,21H,9-15,24H2,(H,25,27). The second-order valence-corrected chi connectivity index (χ2v) is 7.74. The molecule has 0 atom stereocenters. The number of carbonyl (C=O) groups is 2. The number of piperidine rings is 1. The number of hydrogen-bond donors (Lipinski definition) is 2. The summed E-state index contributed by atoms with van der Waals surface area (Å²) in [4.78, 5) is 25.7. The highest BCUT2D eigenvalue weighted by Crippen LogP contribution is 2.44. The third-order valence-corrected chi connectivity index (χ3v) is 5.98. The van der Waals surface area contributed by atoms with Gasteiger partial charge in [0, 0.05) is 25.6 Å². The fourth-order valence-corrected chi connectivity index (χ4v) is 4.34. The average Bonchev–Trinajstić information content (AvgIpc) is 3.10. The molecule has 2 aromatic rings. The summed E-state index contributed by atoms with van der Waals surface area (Å²) >= 11 is 0. The van der Waals surface area contributed by atoms with E-state index in [0.717, 1.165) is 12.8 Å². The Kier molecular flexibility index (Phi) is 5.81. The molecule has 1 heterocycles. The Morgan fingerprint density at radius 3 is 2.17 bits per heavy atom. The number of rotatable bonds is 5. The van der Waals surface area contributed by atoms with E-state index >= 15 is 0 Å². The molecule has 0 radical (unpaired) electrons. The molecule has 152 valence electrons. The van der Waals surface area contributed by atoms with Crippen molar-refractivity contribution in [2.75, 3.05) is 32.8 Å². The third-order valence-electron chi connectivity index (χ3n) is 5.98. The summed E-state index contributed by atoms with van der Waals surface area (Å²) in [6.45, 7) is 2.28. The van der Waals surface area contributed by atoms with Crippen LogP contribution in [0.15, 0.2) is 48.5 Å². The van der Waals surface area contributed by atoms with Crippen LogP contribution in [0.4, 0.5) is 4.79 Å². The summed E-state index contributed by atoms with van der Waals surface area (Å²) in [7, 11) is 0. The number of likely N-dealkylation sites (tertiary alicyclic amines) is 1. The Morgan fingerprint density at radius 1 is 1.00 bits per heavy atom. The summed E-state index contributed by atoms with van der Waals surface area (Å²) in [5.41, 5.74) is 10.2. The third kappa shape index (κ3) is 4.12. The van der Waals surface area contributed by atoms with Crippen LogP contribution in [0.3, 0.4) is 0 Å². The van der Waals surface area contributed by atoms with Crippen molar-refractivity contribution < 1.29 is 14.3 Å². The maximum atomic E-state index is 12.6. The van der Waals surface area contributed by atoms with Gasteiger partial charge in [-0.3, -0.25) is 4.79 Å². The first-order chi connectivity index (χ1) is 14.2. The quantitative estimate of drug-likeness (QED) is 0.818. The zero-order valence-corrected chi connectivity index (χ0v) is 16.5. The first-order valence-corrected chi connectivity index (χ1v) is 10.2. The van der Waals surface area contributed by atoms with Gasteiger partial charge in [0.2, 0.25) is 5.91 Å². The number of nitrogens with zero attached hydrogens (tertiary/aromatic N) is 1. The molecule has 0 unspecified atom stereocenters. The lowest BCUT2D eigenvalue weighted by Gasteiger charge is -2.31. The van der Waals surface area contributed by atoms with Gasteiger partial charge in [-0.25, -0.2) is 4.79 Å². The van der Waals surface area contributed by atoms with Crippen molar-refractivity contribution >= 4 is 12.0 Å². The smallest absolute Gasteiger partial charge is 0.409 e. The monoisotopic (exact) mass is 393 g/mol. The molecule has 1 fully saturated rings. The number of hydrogen-bond acceptors (Lipinski definition) is 4. The van der Waals surface area contributed by atoms with Gasteiger partial charge in [-0.15, -0.1) is 0 Å². The van der Waals surface area contributed by atoms with Gasteiger partial charge >= 0.3 is 6.09 Å². The number of nitrogens with two attached hydrogens (primary N) is 1. The van der Waals surface area contributed by atoms with Gasteiger partial charge in [0.1, 0.15) is 6.61 Å². The van der Waals surface area contributed by atoms with E-state index in [-0.39, 0.29) is 24.5 Å². The van der Waals surface area contributed by atoms with E-state index in [4.69, 9.17) is 10.5 Å². The van der Waals surface area contributed by atoms with Crippen LogP contribution in [-0.2, 0) is 9.53 Å². The number of carbonyl (C=O) groups excluding carboxylic acids is 2. The molecule has 6 nitrogen and oxygen atoms in total. The Morgan fingerprint density at radius 2 is 1.59 bits per heavy atom. The van der Waals surface area contributed by atoms with Gasteiger partial charge < -0.3 is 20.7 Å². The van der Waals surface area contributed by atoms with Crippen molar-refractivity contribution in [1.82, 2.24) is 10.2 Å². The van der Waals surface area contributed by atoms with Crippen molar-refractivity contribution in [2.45, 2.75) is 18.8 Å². The van der Waals surface area contributed by atoms with E-state index in [1.165, 1.54) is 22.3 Å². The van der Waals surface area contributed by atoms with E-state index in [1.54, 1.807) is 4.90 Å². The molecule has 2 amide bonds. The highest BCUT2D eigenvalue weighted by molar-refractivity contribution is 5.79. The lowest BCUT2D eigenvalue weighted by Crippen LogP contribution is -2.42. The predicted molar refractivity (Wildman–Crippen MR) is 111 cm³/mol. The van der Waals surface area contributed by atoms with Gasteiger partial charge in [0.05, 0.1) is 6.54 Å². The molecule has 1 saturated heterocycles. The van der Waals surface area contributed by atoms with Crippen LogP contribution in [0.2, 0.25) is 0 Å². The molecule has 2 aliphatic rings. The zero-order valence-electron chi connectivity index (χ0n) is 16.5. The van der Waals surface area contributed by atoms with Crippen molar-refractivity contribution in [2.24, 2.45) is 11.7 Å². The molecule has 0 saturated carbocycles. The van der Waals surface area contributed by atoms with E-state index in [9.17, 15) is 9.59 Å². The molecule has 1 aliphatic carbocycles. The first-order valence-electron chi connectivity index (χ1n) is 10.2. The molecule has 29 heavy (non-hydrogen) atoms. The molecule has 0 bridgehead atoms. The Labute approximate surface area is 171 Å². The predicted octanol–water partition coefficient (Wildman–Crippen LogP) is 2.72. The van der Waals surface area contributed by atoms with Crippen molar-refractivity contribution in [1.29, 1.82) is 0 Å². The molecule has 6 heteroatoms.